The summed E-state index contributed by atoms with van der Waals surface area (Å²) >= 11 is 5.87. The molecule has 1 aliphatic carbocycles. The van der Waals surface area contributed by atoms with Crippen molar-refractivity contribution in [2.45, 2.75) is 44.4 Å². The fourth-order valence-electron chi connectivity index (χ4n) is 2.60. The number of likely N-dealkylation sites (N-methyl/N-ethyl adjacent to an activating group) is 1. The molecule has 2 atom stereocenters. The zero-order chi connectivity index (χ0) is 12.3. The Morgan fingerprint density at radius 1 is 1.24 bits per heavy atom. The van der Waals surface area contributed by atoms with Gasteiger partial charge in [0.25, 0.3) is 0 Å². The van der Waals surface area contributed by atoms with E-state index in [1.165, 1.54) is 12.0 Å². The van der Waals surface area contributed by atoms with Gasteiger partial charge in [-0.3, -0.25) is 4.90 Å². The van der Waals surface area contributed by atoms with Gasteiger partial charge >= 0.3 is 0 Å². The number of halogens is 1. The Balaban J connectivity index is 1.95. The van der Waals surface area contributed by atoms with Crippen LogP contribution in [0.5, 0.6) is 0 Å². The highest BCUT2D eigenvalue weighted by molar-refractivity contribution is 6.30. The maximum absolute atomic E-state index is 10.00. The van der Waals surface area contributed by atoms with Gasteiger partial charge in [0.2, 0.25) is 0 Å². The van der Waals surface area contributed by atoms with Crippen LogP contribution in [0, 0.1) is 0 Å². The van der Waals surface area contributed by atoms with Crippen molar-refractivity contribution in [3.8, 4) is 0 Å². The number of benzene rings is 1. The highest BCUT2D eigenvalue weighted by atomic mass is 35.5. The van der Waals surface area contributed by atoms with E-state index >= 15 is 0 Å². The van der Waals surface area contributed by atoms with E-state index < -0.39 is 0 Å². The lowest BCUT2D eigenvalue weighted by molar-refractivity contribution is 0.0288. The smallest absolute Gasteiger partial charge is 0.0695 e. The number of rotatable bonds is 3. The Hall–Kier alpha value is -0.570. The van der Waals surface area contributed by atoms with Crippen LogP contribution >= 0.6 is 11.6 Å². The van der Waals surface area contributed by atoms with Crippen molar-refractivity contribution in [2.75, 3.05) is 7.05 Å². The molecule has 2 rings (SSSR count). The quantitative estimate of drug-likeness (QED) is 0.895. The maximum atomic E-state index is 10.00. The summed E-state index contributed by atoms with van der Waals surface area (Å²) in [5.74, 6) is 0. The molecular weight excluding hydrogens is 234 g/mol. The molecule has 0 aromatic heterocycles. The molecule has 0 spiro atoms. The van der Waals surface area contributed by atoms with Gasteiger partial charge in [0.15, 0.2) is 0 Å². The lowest BCUT2D eigenvalue weighted by atomic mass is 9.91. The summed E-state index contributed by atoms with van der Waals surface area (Å²) in [5, 5.41) is 10.8. The zero-order valence-electron chi connectivity index (χ0n) is 10.3. The number of hydrogen-bond donors (Lipinski definition) is 1. The van der Waals surface area contributed by atoms with Gasteiger partial charge in [-0.1, -0.05) is 36.6 Å². The average molecular weight is 254 g/mol. The third kappa shape index (κ3) is 3.44. The lowest BCUT2D eigenvalue weighted by Crippen LogP contribution is -2.42. The Morgan fingerprint density at radius 3 is 2.53 bits per heavy atom. The predicted molar refractivity (Wildman–Crippen MR) is 71.2 cm³/mol. The lowest BCUT2D eigenvalue weighted by Gasteiger charge is -2.35. The van der Waals surface area contributed by atoms with Crippen LogP contribution in [0.15, 0.2) is 24.3 Å². The van der Waals surface area contributed by atoms with Crippen molar-refractivity contribution in [2.24, 2.45) is 0 Å². The first-order chi connectivity index (χ1) is 8.16. The Bertz CT molecular complexity index is 352. The molecule has 0 bridgehead atoms. The van der Waals surface area contributed by atoms with Gasteiger partial charge in [0.1, 0.15) is 0 Å². The topological polar surface area (TPSA) is 23.5 Å². The summed E-state index contributed by atoms with van der Waals surface area (Å²) in [5.41, 5.74) is 1.25. The zero-order valence-corrected chi connectivity index (χ0v) is 11.0. The standard InChI is InChI=1S/C14H20ClNO/c1-16(13-4-2-3-5-14(13)17)10-11-6-8-12(15)9-7-11/h6-9,13-14,17H,2-5,10H2,1H3/t13-,14-/m1/s1. The van der Waals surface area contributed by atoms with Crippen molar-refractivity contribution < 1.29 is 5.11 Å². The molecule has 1 N–H and O–H groups in total. The predicted octanol–water partition coefficient (Wildman–Crippen LogP) is 3.08. The normalized spacial score (nSPS) is 25.2. The molecule has 0 aliphatic heterocycles. The van der Waals surface area contributed by atoms with Crippen LogP contribution in [0.4, 0.5) is 0 Å². The average Bonchev–Trinajstić information content (AvgIpc) is 2.32. The second-order valence-electron chi connectivity index (χ2n) is 4.96. The molecule has 2 nitrogen and oxygen atoms in total. The highest BCUT2D eigenvalue weighted by Crippen LogP contribution is 2.23. The molecule has 1 aromatic carbocycles. The molecule has 0 saturated heterocycles. The molecule has 17 heavy (non-hydrogen) atoms. The van der Waals surface area contributed by atoms with Crippen LogP contribution in [0.2, 0.25) is 5.02 Å². The summed E-state index contributed by atoms with van der Waals surface area (Å²) in [7, 11) is 2.09. The van der Waals surface area contributed by atoms with E-state index in [1.807, 2.05) is 24.3 Å². The molecule has 0 amide bonds. The van der Waals surface area contributed by atoms with E-state index in [2.05, 4.69) is 11.9 Å². The summed E-state index contributed by atoms with van der Waals surface area (Å²) in [6, 6.07) is 8.24. The van der Waals surface area contributed by atoms with Crippen LogP contribution < -0.4 is 0 Å². The molecule has 1 saturated carbocycles. The minimum Gasteiger partial charge on any atom is -0.391 e. The van der Waals surface area contributed by atoms with E-state index in [1.54, 1.807) is 0 Å². The summed E-state index contributed by atoms with van der Waals surface area (Å²) < 4.78 is 0. The summed E-state index contributed by atoms with van der Waals surface area (Å²) in [6.45, 7) is 0.874. The van der Waals surface area contributed by atoms with Gasteiger partial charge in [0, 0.05) is 17.6 Å². The number of hydrogen-bond acceptors (Lipinski definition) is 2. The largest absolute Gasteiger partial charge is 0.391 e. The maximum Gasteiger partial charge on any atom is 0.0695 e. The Labute approximate surface area is 108 Å². The number of nitrogens with zero attached hydrogens (tertiary/aromatic N) is 1. The van der Waals surface area contributed by atoms with Crippen molar-refractivity contribution in [3.63, 3.8) is 0 Å². The highest BCUT2D eigenvalue weighted by Gasteiger charge is 2.26. The second kappa shape index (κ2) is 5.85. The minimum absolute atomic E-state index is 0.166. The first-order valence-electron chi connectivity index (χ1n) is 6.29. The van der Waals surface area contributed by atoms with Gasteiger partial charge in [-0.25, -0.2) is 0 Å². The summed E-state index contributed by atoms with van der Waals surface area (Å²) in [6.07, 6.45) is 4.26. The third-order valence-corrected chi connectivity index (χ3v) is 3.86. The Morgan fingerprint density at radius 2 is 1.88 bits per heavy atom. The second-order valence-corrected chi connectivity index (χ2v) is 5.40. The molecular formula is C14H20ClNO. The molecule has 0 heterocycles. The minimum atomic E-state index is -0.166. The summed E-state index contributed by atoms with van der Waals surface area (Å²) in [4.78, 5) is 2.26. The first-order valence-corrected chi connectivity index (χ1v) is 6.67. The fourth-order valence-corrected chi connectivity index (χ4v) is 2.73. The molecule has 0 unspecified atom stereocenters. The van der Waals surface area contributed by atoms with E-state index in [9.17, 15) is 5.11 Å². The van der Waals surface area contributed by atoms with E-state index in [-0.39, 0.29) is 6.10 Å². The van der Waals surface area contributed by atoms with E-state index in [0.717, 1.165) is 30.8 Å². The SMILES string of the molecule is CN(Cc1ccc(Cl)cc1)[C@@H]1CCCC[C@H]1O. The van der Waals surface area contributed by atoms with Crippen LogP contribution in [-0.4, -0.2) is 29.2 Å². The van der Waals surface area contributed by atoms with E-state index in [4.69, 9.17) is 11.6 Å². The van der Waals surface area contributed by atoms with Crippen LogP contribution in [0.25, 0.3) is 0 Å². The van der Waals surface area contributed by atoms with Gasteiger partial charge in [-0.15, -0.1) is 0 Å². The molecule has 1 fully saturated rings. The van der Waals surface area contributed by atoms with Crippen LogP contribution in [0.1, 0.15) is 31.2 Å². The monoisotopic (exact) mass is 253 g/mol. The molecule has 1 aromatic rings. The number of aliphatic hydroxyl groups excluding tert-OH is 1. The third-order valence-electron chi connectivity index (χ3n) is 3.61. The van der Waals surface area contributed by atoms with Crippen molar-refractivity contribution in [1.29, 1.82) is 0 Å². The van der Waals surface area contributed by atoms with Crippen LogP contribution in [-0.2, 0) is 6.54 Å². The van der Waals surface area contributed by atoms with E-state index in [0.29, 0.717) is 6.04 Å². The number of aliphatic hydroxyl groups is 1. The van der Waals surface area contributed by atoms with Gasteiger partial charge in [-0.05, 0) is 37.6 Å². The van der Waals surface area contributed by atoms with Crippen molar-refractivity contribution >= 4 is 11.6 Å². The van der Waals surface area contributed by atoms with Gasteiger partial charge in [0.05, 0.1) is 6.10 Å². The van der Waals surface area contributed by atoms with Gasteiger partial charge in [-0.2, -0.15) is 0 Å². The molecule has 0 radical (unpaired) electrons. The fraction of sp³-hybridized carbons (Fsp3) is 0.571. The van der Waals surface area contributed by atoms with Gasteiger partial charge < -0.3 is 5.11 Å². The van der Waals surface area contributed by atoms with Crippen molar-refractivity contribution in [1.82, 2.24) is 4.90 Å². The molecule has 94 valence electrons. The molecule has 1 aliphatic rings. The Kier molecular flexibility index (Phi) is 4.43. The van der Waals surface area contributed by atoms with Crippen LogP contribution in [0.3, 0.4) is 0 Å². The molecule has 3 heteroatoms. The van der Waals surface area contributed by atoms with Crippen molar-refractivity contribution in [3.05, 3.63) is 34.9 Å². The first kappa shape index (κ1) is 12.9.